The van der Waals surface area contributed by atoms with Crippen LogP contribution >= 0.6 is 0 Å². The van der Waals surface area contributed by atoms with Gasteiger partial charge >= 0.3 is 5.97 Å². The molecule has 0 radical (unpaired) electrons. The summed E-state index contributed by atoms with van der Waals surface area (Å²) < 4.78 is 0. The molecule has 2 fully saturated rings. The number of carboxylic acid groups (broad SMARTS) is 1. The number of carbonyl (C=O) groups is 2. The third kappa shape index (κ3) is 3.15. The fourth-order valence-corrected chi connectivity index (χ4v) is 3.72. The molecule has 2 N–H and O–H groups in total. The second-order valence-electron chi connectivity index (χ2n) is 6.95. The highest BCUT2D eigenvalue weighted by Crippen LogP contribution is 2.39. The lowest BCUT2D eigenvalue weighted by Crippen LogP contribution is -2.46. The molecule has 4 heteroatoms. The minimum atomic E-state index is -0.740. The number of carbonyl (C=O) groups excluding carboxylic acids is 1. The number of carboxylic acids is 1. The van der Waals surface area contributed by atoms with Crippen molar-refractivity contribution in [3.63, 3.8) is 0 Å². The van der Waals surface area contributed by atoms with Crippen molar-refractivity contribution in [2.24, 2.45) is 10.8 Å². The van der Waals surface area contributed by atoms with Gasteiger partial charge in [-0.25, -0.2) is 0 Å². The van der Waals surface area contributed by atoms with E-state index in [-0.39, 0.29) is 11.3 Å². The maximum atomic E-state index is 12.4. The second-order valence-corrected chi connectivity index (χ2v) is 6.95. The third-order valence-corrected chi connectivity index (χ3v) is 5.36. The van der Waals surface area contributed by atoms with Gasteiger partial charge in [0.1, 0.15) is 0 Å². The monoisotopic (exact) mass is 281 g/mol. The van der Waals surface area contributed by atoms with Crippen molar-refractivity contribution in [3.8, 4) is 0 Å². The molecule has 4 nitrogen and oxygen atoms in total. The second kappa shape index (κ2) is 6.15. The quantitative estimate of drug-likeness (QED) is 0.778. The number of hydrogen-bond acceptors (Lipinski definition) is 2. The molecule has 0 aromatic rings. The molecular weight excluding hydrogens is 254 g/mol. The molecule has 1 amide bonds. The molecule has 0 heterocycles. The van der Waals surface area contributed by atoms with Gasteiger partial charge in [-0.2, -0.15) is 0 Å². The summed E-state index contributed by atoms with van der Waals surface area (Å²) in [5.41, 5.74) is -1.01. The summed E-state index contributed by atoms with van der Waals surface area (Å²) in [4.78, 5) is 24.0. The molecule has 2 rings (SSSR count). The lowest BCUT2D eigenvalue weighted by Gasteiger charge is -2.30. The smallest absolute Gasteiger partial charge is 0.311 e. The Hall–Kier alpha value is -1.06. The van der Waals surface area contributed by atoms with Crippen LogP contribution in [-0.4, -0.2) is 23.5 Å². The summed E-state index contributed by atoms with van der Waals surface area (Å²) >= 11 is 0. The van der Waals surface area contributed by atoms with Gasteiger partial charge in [0.25, 0.3) is 0 Å². The Balaban J connectivity index is 1.98. The van der Waals surface area contributed by atoms with Crippen LogP contribution in [0.5, 0.6) is 0 Å². The van der Waals surface area contributed by atoms with Crippen LogP contribution in [0.15, 0.2) is 0 Å². The van der Waals surface area contributed by atoms with Crippen LogP contribution in [0.25, 0.3) is 0 Å². The molecule has 0 saturated heterocycles. The Bertz CT molecular complexity index is 364. The summed E-state index contributed by atoms with van der Waals surface area (Å²) in [5, 5.41) is 12.6. The van der Waals surface area contributed by atoms with Crippen molar-refractivity contribution in [1.29, 1.82) is 0 Å². The van der Waals surface area contributed by atoms with Crippen LogP contribution in [0.2, 0.25) is 0 Å². The van der Waals surface area contributed by atoms with Crippen molar-refractivity contribution in [3.05, 3.63) is 0 Å². The Morgan fingerprint density at radius 3 is 1.95 bits per heavy atom. The van der Waals surface area contributed by atoms with E-state index < -0.39 is 11.4 Å². The molecule has 114 valence electrons. The first kappa shape index (κ1) is 15.3. The van der Waals surface area contributed by atoms with Crippen molar-refractivity contribution in [2.75, 3.05) is 6.54 Å². The first-order chi connectivity index (χ1) is 9.49. The molecule has 2 saturated carbocycles. The normalized spacial score (nSPS) is 24.9. The van der Waals surface area contributed by atoms with Crippen LogP contribution < -0.4 is 5.32 Å². The minimum absolute atomic E-state index is 0.0554. The van der Waals surface area contributed by atoms with Gasteiger partial charge < -0.3 is 10.4 Å². The molecular formula is C16H27NO3. The molecule has 0 atom stereocenters. The molecule has 0 bridgehead atoms. The molecule has 0 aromatic heterocycles. The number of hydrogen-bond donors (Lipinski definition) is 2. The lowest BCUT2D eigenvalue weighted by atomic mass is 9.79. The summed E-state index contributed by atoms with van der Waals surface area (Å²) in [6.07, 6.45) is 9.60. The van der Waals surface area contributed by atoms with Gasteiger partial charge in [0.2, 0.25) is 5.91 Å². The van der Waals surface area contributed by atoms with Crippen LogP contribution in [0.1, 0.15) is 71.1 Å². The summed E-state index contributed by atoms with van der Waals surface area (Å²) in [6, 6.07) is 0. The average Bonchev–Trinajstić information content (AvgIpc) is 2.73. The van der Waals surface area contributed by atoms with Gasteiger partial charge in [-0.1, -0.05) is 45.4 Å². The Morgan fingerprint density at radius 1 is 0.950 bits per heavy atom. The summed E-state index contributed by atoms with van der Waals surface area (Å²) in [7, 11) is 0. The van der Waals surface area contributed by atoms with Gasteiger partial charge in [-0.3, -0.25) is 9.59 Å². The van der Waals surface area contributed by atoms with Crippen molar-refractivity contribution < 1.29 is 14.7 Å². The largest absolute Gasteiger partial charge is 0.481 e. The minimum Gasteiger partial charge on any atom is -0.481 e. The van der Waals surface area contributed by atoms with E-state index in [1.807, 2.05) is 6.92 Å². The van der Waals surface area contributed by atoms with E-state index in [0.717, 1.165) is 51.4 Å². The lowest BCUT2D eigenvalue weighted by molar-refractivity contribution is -0.150. The van der Waals surface area contributed by atoms with Crippen LogP contribution in [0.4, 0.5) is 0 Å². The fraction of sp³-hybridized carbons (Fsp3) is 0.875. The number of amides is 1. The van der Waals surface area contributed by atoms with E-state index in [2.05, 4.69) is 5.32 Å². The molecule has 0 unspecified atom stereocenters. The van der Waals surface area contributed by atoms with Crippen molar-refractivity contribution >= 4 is 11.9 Å². The van der Waals surface area contributed by atoms with Crippen LogP contribution in [-0.2, 0) is 9.59 Å². The molecule has 20 heavy (non-hydrogen) atoms. The first-order valence-corrected chi connectivity index (χ1v) is 8.00. The number of rotatable bonds is 4. The predicted octanol–water partition coefficient (Wildman–Crippen LogP) is 3.11. The van der Waals surface area contributed by atoms with Gasteiger partial charge in [0.15, 0.2) is 0 Å². The Morgan fingerprint density at radius 2 is 1.45 bits per heavy atom. The van der Waals surface area contributed by atoms with E-state index in [9.17, 15) is 14.7 Å². The van der Waals surface area contributed by atoms with Gasteiger partial charge in [-0.15, -0.1) is 0 Å². The van der Waals surface area contributed by atoms with Gasteiger partial charge in [0.05, 0.1) is 5.41 Å². The van der Waals surface area contributed by atoms with E-state index in [0.29, 0.717) is 19.4 Å². The Labute approximate surface area is 121 Å². The van der Waals surface area contributed by atoms with Crippen molar-refractivity contribution in [1.82, 2.24) is 5.32 Å². The standard InChI is InChI=1S/C16H27NO3/c1-15(8-6-7-9-15)13(18)17-12-16(14(19)20)10-4-2-3-5-11-16/h2-12H2,1H3,(H,17,18)(H,19,20). The van der Waals surface area contributed by atoms with Gasteiger partial charge in [-0.05, 0) is 25.7 Å². The first-order valence-electron chi connectivity index (χ1n) is 8.00. The summed E-state index contributed by atoms with van der Waals surface area (Å²) in [6.45, 7) is 2.31. The molecule has 2 aliphatic rings. The zero-order valence-electron chi connectivity index (χ0n) is 12.5. The SMILES string of the molecule is CC1(C(=O)NCC2(C(=O)O)CCCCCC2)CCCC1. The zero-order chi connectivity index (χ0) is 14.6. The van der Waals surface area contributed by atoms with E-state index in [1.54, 1.807) is 0 Å². The Kier molecular flexibility index (Phi) is 4.71. The molecule has 0 aromatic carbocycles. The topological polar surface area (TPSA) is 66.4 Å². The molecule has 2 aliphatic carbocycles. The highest BCUT2D eigenvalue weighted by molar-refractivity contribution is 5.83. The maximum Gasteiger partial charge on any atom is 0.311 e. The van der Waals surface area contributed by atoms with Crippen LogP contribution in [0.3, 0.4) is 0 Å². The number of nitrogens with one attached hydrogen (secondary N) is 1. The number of aliphatic carboxylic acids is 1. The van der Waals surface area contributed by atoms with Crippen molar-refractivity contribution in [2.45, 2.75) is 71.1 Å². The molecule has 0 spiro atoms. The van der Waals surface area contributed by atoms with Crippen LogP contribution in [0, 0.1) is 10.8 Å². The van der Waals surface area contributed by atoms with Gasteiger partial charge in [0, 0.05) is 12.0 Å². The maximum absolute atomic E-state index is 12.4. The molecule has 0 aliphatic heterocycles. The van der Waals surface area contributed by atoms with E-state index in [4.69, 9.17) is 0 Å². The highest BCUT2D eigenvalue weighted by atomic mass is 16.4. The fourth-order valence-electron chi connectivity index (χ4n) is 3.72. The predicted molar refractivity (Wildman–Crippen MR) is 77.4 cm³/mol. The highest BCUT2D eigenvalue weighted by Gasteiger charge is 2.41. The zero-order valence-corrected chi connectivity index (χ0v) is 12.5. The van der Waals surface area contributed by atoms with E-state index >= 15 is 0 Å². The van der Waals surface area contributed by atoms with E-state index in [1.165, 1.54) is 0 Å². The summed E-state index contributed by atoms with van der Waals surface area (Å²) in [5.74, 6) is -0.684. The third-order valence-electron chi connectivity index (χ3n) is 5.36. The average molecular weight is 281 g/mol.